The fraction of sp³-hybridized carbons (Fsp3) is 0.324. The molecule has 3 rings (SSSR count). The van der Waals surface area contributed by atoms with Gasteiger partial charge in [-0.2, -0.15) is 0 Å². The molecule has 0 aromatic heterocycles. The zero-order valence-corrected chi connectivity index (χ0v) is 25.8. The Balaban J connectivity index is 1.60. The number of benzene rings is 3. The summed E-state index contributed by atoms with van der Waals surface area (Å²) in [6, 6.07) is 23.6. The normalized spacial score (nSPS) is 12.0. The summed E-state index contributed by atoms with van der Waals surface area (Å²) in [4.78, 5) is 56.0. The van der Waals surface area contributed by atoms with Crippen molar-refractivity contribution in [2.45, 2.75) is 58.2 Å². The Morgan fingerprint density at radius 1 is 0.756 bits per heavy atom. The standard InChI is InChI=1S/C34H43N7O4/c1-23(2)30(41-31(43)26-16-18-27(19-17-26)39-29(42)15-9-10-20-37-34(35)36)33(45)40-28(21-24-11-5-3-6-12-24)32(44)38-22-25-13-7-4-8-14-25/h3-8,11-14,16-19,23,28,30H,9-10,15,20-22H2,1-2H3,(H,38,44)(H,39,42)(H,40,45)(H,41,43)(H4,35,36,37)/t28-,30-/m0/s1. The van der Waals surface area contributed by atoms with Gasteiger partial charge in [0, 0.05) is 37.2 Å². The number of unbranched alkanes of at least 4 members (excludes halogenated alkanes) is 1. The third kappa shape index (κ3) is 12.1. The van der Waals surface area contributed by atoms with Gasteiger partial charge in [-0.05, 0) is 54.2 Å². The van der Waals surface area contributed by atoms with E-state index in [4.69, 9.17) is 11.5 Å². The number of nitrogens with zero attached hydrogens (tertiary/aromatic N) is 1. The van der Waals surface area contributed by atoms with Gasteiger partial charge < -0.3 is 32.7 Å². The summed E-state index contributed by atoms with van der Waals surface area (Å²) in [5, 5.41) is 11.4. The first-order valence-corrected chi connectivity index (χ1v) is 15.0. The van der Waals surface area contributed by atoms with Crippen molar-refractivity contribution < 1.29 is 19.2 Å². The van der Waals surface area contributed by atoms with Gasteiger partial charge in [0.15, 0.2) is 5.96 Å². The predicted octanol–water partition coefficient (Wildman–Crippen LogP) is 2.87. The smallest absolute Gasteiger partial charge is 0.251 e. The van der Waals surface area contributed by atoms with Gasteiger partial charge in [-0.1, -0.05) is 74.5 Å². The van der Waals surface area contributed by atoms with E-state index in [9.17, 15) is 19.2 Å². The molecule has 0 heterocycles. The molecule has 4 amide bonds. The fourth-order valence-corrected chi connectivity index (χ4v) is 4.52. The van der Waals surface area contributed by atoms with Gasteiger partial charge in [0.1, 0.15) is 12.1 Å². The quantitative estimate of drug-likeness (QED) is 0.0821. The molecule has 0 bridgehead atoms. The topological polar surface area (TPSA) is 181 Å². The first-order valence-electron chi connectivity index (χ1n) is 15.0. The Morgan fingerprint density at radius 3 is 1.98 bits per heavy atom. The van der Waals surface area contributed by atoms with E-state index < -0.39 is 23.9 Å². The molecule has 11 heteroatoms. The lowest BCUT2D eigenvalue weighted by molar-refractivity contribution is -0.130. The summed E-state index contributed by atoms with van der Waals surface area (Å²) >= 11 is 0. The van der Waals surface area contributed by atoms with Crippen LogP contribution >= 0.6 is 0 Å². The van der Waals surface area contributed by atoms with Crippen molar-refractivity contribution in [3.8, 4) is 0 Å². The SMILES string of the molecule is CC(C)[C@H](NC(=O)c1ccc(NC(=O)CCCCN=C(N)N)cc1)C(=O)N[C@@H](Cc1ccccc1)C(=O)NCc1ccccc1. The van der Waals surface area contributed by atoms with Crippen LogP contribution in [-0.4, -0.2) is 48.2 Å². The summed E-state index contributed by atoms with van der Waals surface area (Å²) in [6.07, 6.45) is 1.90. The predicted molar refractivity (Wildman–Crippen MR) is 176 cm³/mol. The van der Waals surface area contributed by atoms with Gasteiger partial charge in [-0.3, -0.25) is 24.2 Å². The van der Waals surface area contributed by atoms with Crippen molar-refractivity contribution >= 4 is 35.3 Å². The van der Waals surface area contributed by atoms with Crippen molar-refractivity contribution in [3.05, 3.63) is 102 Å². The summed E-state index contributed by atoms with van der Waals surface area (Å²) in [6.45, 7) is 4.43. The van der Waals surface area contributed by atoms with Crippen LogP contribution in [0.2, 0.25) is 0 Å². The van der Waals surface area contributed by atoms with Crippen LogP contribution < -0.4 is 32.7 Å². The summed E-state index contributed by atoms with van der Waals surface area (Å²) in [5.74, 6) is -1.63. The molecule has 0 aliphatic rings. The average molecular weight is 614 g/mol. The van der Waals surface area contributed by atoms with Gasteiger partial charge in [0.2, 0.25) is 17.7 Å². The molecular formula is C34H43N7O4. The molecule has 0 aliphatic heterocycles. The Hall–Kier alpha value is -5.19. The van der Waals surface area contributed by atoms with Crippen LogP contribution in [0.25, 0.3) is 0 Å². The third-order valence-electron chi connectivity index (χ3n) is 7.00. The molecule has 0 saturated heterocycles. The summed E-state index contributed by atoms with van der Waals surface area (Å²) in [7, 11) is 0. The van der Waals surface area contributed by atoms with E-state index in [1.807, 2.05) is 74.5 Å². The number of carbonyl (C=O) groups is 4. The van der Waals surface area contributed by atoms with Gasteiger partial charge in [0.25, 0.3) is 5.91 Å². The minimum Gasteiger partial charge on any atom is -0.370 e. The average Bonchev–Trinajstić information content (AvgIpc) is 3.02. The second-order valence-electron chi connectivity index (χ2n) is 11.0. The van der Waals surface area contributed by atoms with Crippen molar-refractivity contribution in [2.24, 2.45) is 22.4 Å². The highest BCUT2D eigenvalue weighted by Crippen LogP contribution is 2.13. The van der Waals surface area contributed by atoms with Crippen LogP contribution in [-0.2, 0) is 27.3 Å². The highest BCUT2D eigenvalue weighted by molar-refractivity contribution is 5.99. The molecule has 45 heavy (non-hydrogen) atoms. The van der Waals surface area contributed by atoms with Crippen molar-refractivity contribution in [1.82, 2.24) is 16.0 Å². The second-order valence-corrected chi connectivity index (χ2v) is 11.0. The number of hydrogen-bond acceptors (Lipinski definition) is 5. The van der Waals surface area contributed by atoms with E-state index in [0.29, 0.717) is 43.6 Å². The maximum absolute atomic E-state index is 13.5. The van der Waals surface area contributed by atoms with E-state index in [0.717, 1.165) is 11.1 Å². The van der Waals surface area contributed by atoms with Gasteiger partial charge in [-0.15, -0.1) is 0 Å². The summed E-state index contributed by atoms with van der Waals surface area (Å²) < 4.78 is 0. The molecule has 0 radical (unpaired) electrons. The molecule has 0 fully saturated rings. The molecule has 0 saturated carbocycles. The Bertz CT molecular complexity index is 1420. The number of guanidine groups is 1. The van der Waals surface area contributed by atoms with Crippen LogP contribution in [0.5, 0.6) is 0 Å². The number of nitrogens with one attached hydrogen (secondary N) is 4. The lowest BCUT2D eigenvalue weighted by atomic mass is 10.0. The van der Waals surface area contributed by atoms with E-state index in [1.54, 1.807) is 24.3 Å². The number of carbonyl (C=O) groups excluding carboxylic acids is 4. The van der Waals surface area contributed by atoms with Crippen molar-refractivity contribution in [2.75, 3.05) is 11.9 Å². The van der Waals surface area contributed by atoms with E-state index in [-0.39, 0.29) is 30.1 Å². The number of hydrogen-bond donors (Lipinski definition) is 6. The Morgan fingerprint density at radius 2 is 1.38 bits per heavy atom. The van der Waals surface area contributed by atoms with Crippen LogP contribution in [0.15, 0.2) is 89.9 Å². The van der Waals surface area contributed by atoms with Crippen LogP contribution in [0.1, 0.15) is 54.6 Å². The molecule has 11 nitrogen and oxygen atoms in total. The zero-order valence-electron chi connectivity index (χ0n) is 25.8. The minimum absolute atomic E-state index is 0.0260. The molecule has 238 valence electrons. The summed E-state index contributed by atoms with van der Waals surface area (Å²) in [5.41, 5.74) is 13.3. The monoisotopic (exact) mass is 613 g/mol. The van der Waals surface area contributed by atoms with Gasteiger partial charge in [0.05, 0.1) is 0 Å². The number of aliphatic imine (C=N–C) groups is 1. The molecule has 0 unspecified atom stereocenters. The number of rotatable bonds is 16. The van der Waals surface area contributed by atoms with Crippen molar-refractivity contribution in [1.29, 1.82) is 0 Å². The van der Waals surface area contributed by atoms with Gasteiger partial charge >= 0.3 is 0 Å². The Labute approximate surface area is 264 Å². The third-order valence-corrected chi connectivity index (χ3v) is 7.00. The maximum Gasteiger partial charge on any atom is 0.251 e. The Kier molecular flexibility index (Phi) is 13.6. The van der Waals surface area contributed by atoms with E-state index in [2.05, 4.69) is 26.3 Å². The largest absolute Gasteiger partial charge is 0.370 e. The first-order chi connectivity index (χ1) is 21.6. The molecule has 0 aliphatic carbocycles. The first kappa shape index (κ1) is 34.3. The molecule has 2 atom stereocenters. The van der Waals surface area contributed by atoms with Crippen LogP contribution in [0, 0.1) is 5.92 Å². The molecule has 3 aromatic carbocycles. The number of anilines is 1. The lowest BCUT2D eigenvalue weighted by Crippen LogP contribution is -2.56. The number of amides is 4. The highest BCUT2D eigenvalue weighted by atomic mass is 16.2. The fourth-order valence-electron chi connectivity index (χ4n) is 4.52. The van der Waals surface area contributed by atoms with Crippen LogP contribution in [0.4, 0.5) is 5.69 Å². The van der Waals surface area contributed by atoms with Gasteiger partial charge in [-0.25, -0.2) is 0 Å². The second kappa shape index (κ2) is 17.8. The lowest BCUT2D eigenvalue weighted by Gasteiger charge is -2.25. The maximum atomic E-state index is 13.5. The van der Waals surface area contributed by atoms with E-state index >= 15 is 0 Å². The molecule has 8 N–H and O–H groups in total. The molecule has 3 aromatic rings. The number of nitrogens with two attached hydrogens (primary N) is 2. The van der Waals surface area contributed by atoms with E-state index in [1.165, 1.54) is 0 Å². The highest BCUT2D eigenvalue weighted by Gasteiger charge is 2.29. The van der Waals surface area contributed by atoms with Crippen LogP contribution in [0.3, 0.4) is 0 Å². The van der Waals surface area contributed by atoms with Crippen molar-refractivity contribution in [3.63, 3.8) is 0 Å². The molecular weight excluding hydrogens is 570 g/mol. The minimum atomic E-state index is -0.893. The molecule has 0 spiro atoms. The zero-order chi connectivity index (χ0) is 32.6.